The molecule has 2 unspecified atom stereocenters. The van der Waals surface area contributed by atoms with Crippen molar-refractivity contribution >= 4 is 46.6 Å². The second kappa shape index (κ2) is 13.7. The first-order valence-electron chi connectivity index (χ1n) is 14.7. The van der Waals surface area contributed by atoms with Crippen molar-refractivity contribution in [2.75, 3.05) is 14.1 Å². The lowest BCUT2D eigenvalue weighted by molar-refractivity contribution is -0.293. The first-order valence-corrected chi connectivity index (χ1v) is 15.9. The Balaban J connectivity index is 2.17. The minimum atomic E-state index is -2.76. The molecule has 0 radical (unpaired) electrons. The van der Waals surface area contributed by atoms with Crippen LogP contribution in [0.25, 0.3) is 0 Å². The highest BCUT2D eigenvalue weighted by molar-refractivity contribution is 14.1. The second-order valence-electron chi connectivity index (χ2n) is 12.9. The van der Waals surface area contributed by atoms with E-state index in [1.165, 1.54) is 34.6 Å². The molecular weight excluding hydrogens is 696 g/mol. The van der Waals surface area contributed by atoms with Gasteiger partial charge >= 0.3 is 5.97 Å². The van der Waals surface area contributed by atoms with E-state index in [1.54, 1.807) is 43.6 Å². The summed E-state index contributed by atoms with van der Waals surface area (Å²) in [5.41, 5.74) is -6.45. The third kappa shape index (κ3) is 6.63. The number of Topliss-reactive ketones (excluding diaryl/α,β-unsaturated/α-hetero) is 2. The summed E-state index contributed by atoms with van der Waals surface area (Å²) in [6.45, 7) is 12.3. The number of hydrogen-bond acceptors (Lipinski definition) is 12. The van der Waals surface area contributed by atoms with Crippen LogP contribution in [0.1, 0.15) is 54.4 Å². The normalized spacial score (nSPS) is 47.6. The van der Waals surface area contributed by atoms with E-state index in [0.29, 0.717) is 6.42 Å². The summed E-state index contributed by atoms with van der Waals surface area (Å²) in [6, 6.07) is -0.368. The van der Waals surface area contributed by atoms with Gasteiger partial charge in [0.05, 0.1) is 17.8 Å². The van der Waals surface area contributed by atoms with E-state index in [-0.39, 0.29) is 18.6 Å². The molecule has 3 fully saturated rings. The van der Waals surface area contributed by atoms with Gasteiger partial charge in [-0.1, -0.05) is 19.9 Å². The zero-order valence-corrected chi connectivity index (χ0v) is 28.6. The number of rotatable bonds is 6. The van der Waals surface area contributed by atoms with Crippen LogP contribution in [-0.2, 0) is 42.9 Å². The number of fused-ring (bicyclic) bond motifs is 2. The number of ketones is 2. The maximum atomic E-state index is 17.1. The molecule has 0 saturated carbocycles. The summed E-state index contributed by atoms with van der Waals surface area (Å²) in [5.74, 6) is -6.74. The number of hydrogen-bond donors (Lipinski definition) is 2. The first-order chi connectivity index (χ1) is 20.3. The third-order valence-corrected chi connectivity index (χ3v) is 10.9. The molecule has 0 aromatic carbocycles. The van der Waals surface area contributed by atoms with Gasteiger partial charge in [-0.15, -0.1) is 6.58 Å². The van der Waals surface area contributed by atoms with Crippen molar-refractivity contribution in [2.24, 2.45) is 17.8 Å². The number of carbonyl (C=O) groups is 4. The Labute approximate surface area is 271 Å². The fourth-order valence-electron chi connectivity index (χ4n) is 6.62. The zero-order chi connectivity index (χ0) is 33.5. The Kier molecular flexibility index (Phi) is 11.5. The monoisotopic (exact) mass is 741 g/mol. The van der Waals surface area contributed by atoms with Crippen LogP contribution in [0.5, 0.6) is 0 Å². The second-order valence-corrected chi connectivity index (χ2v) is 14.0. The number of carbonyl (C=O) groups excluding carboxylic acids is 4. The maximum Gasteiger partial charge on any atom is 0.317 e. The molecule has 2 bridgehead atoms. The minimum absolute atomic E-state index is 0.0264. The summed E-state index contributed by atoms with van der Waals surface area (Å²) in [4.78, 5) is 54.2. The van der Waals surface area contributed by atoms with Crippen LogP contribution in [0.4, 0.5) is 4.39 Å². The lowest BCUT2D eigenvalue weighted by Gasteiger charge is -2.45. The largest absolute Gasteiger partial charge is 0.454 e. The summed E-state index contributed by atoms with van der Waals surface area (Å²) in [7, 11) is 3.59. The average molecular weight is 742 g/mol. The molecule has 3 rings (SSSR count). The van der Waals surface area contributed by atoms with E-state index in [9.17, 15) is 29.4 Å². The molecule has 44 heavy (non-hydrogen) atoms. The van der Waals surface area contributed by atoms with Crippen LogP contribution in [0.3, 0.4) is 0 Å². The van der Waals surface area contributed by atoms with Crippen LogP contribution in [0, 0.1) is 17.8 Å². The van der Waals surface area contributed by atoms with E-state index >= 15 is 4.39 Å². The molecule has 14 heteroatoms. The number of ether oxygens (including phenoxy) is 5. The highest BCUT2D eigenvalue weighted by Gasteiger charge is 2.65. The van der Waals surface area contributed by atoms with Crippen molar-refractivity contribution in [1.29, 1.82) is 0 Å². The molecule has 0 aliphatic carbocycles. The molecule has 3 aliphatic rings. The van der Waals surface area contributed by atoms with Crippen molar-refractivity contribution in [2.45, 2.75) is 118 Å². The average Bonchev–Trinajstić information content (AvgIpc) is 3.25. The SMILES string of the molecule is C=CC1O[C@]2(C)C[C@]1(F)C(=O)[C@H](C)[C@@H](O)[C@](C)(OC=O)[C@@H](I)OC(=O)[C@H](C)C(=O)C(C)[C@H]2O[C@@H]1O[C@H](C)C[C@H](N(C)C)[C@H]1O. The molecule has 0 amide bonds. The van der Waals surface area contributed by atoms with Gasteiger partial charge in [0.1, 0.15) is 24.2 Å². The topological polar surface area (TPSA) is 158 Å². The van der Waals surface area contributed by atoms with Crippen molar-refractivity contribution in [3.8, 4) is 0 Å². The third-order valence-electron chi connectivity index (χ3n) is 9.37. The van der Waals surface area contributed by atoms with Gasteiger partial charge in [-0.25, -0.2) is 4.39 Å². The van der Waals surface area contributed by atoms with Gasteiger partial charge in [0.25, 0.3) is 6.47 Å². The molecule has 3 heterocycles. The van der Waals surface area contributed by atoms with Crippen molar-refractivity contribution in [3.63, 3.8) is 0 Å². The fourth-order valence-corrected chi connectivity index (χ4v) is 7.38. The van der Waals surface area contributed by atoms with Crippen LogP contribution in [0.15, 0.2) is 12.7 Å². The molecule has 250 valence electrons. The van der Waals surface area contributed by atoms with E-state index in [0.717, 1.165) is 6.08 Å². The number of esters is 1. The molecule has 12 nitrogen and oxygen atoms in total. The number of cyclic esters (lactones) is 1. The fraction of sp³-hybridized carbons (Fsp3) is 0.800. The Morgan fingerprint density at radius 3 is 2.27 bits per heavy atom. The summed E-state index contributed by atoms with van der Waals surface area (Å²) >= 11 is 1.62. The lowest BCUT2D eigenvalue weighted by Crippen LogP contribution is -2.59. The predicted octanol–water partition coefficient (Wildman–Crippen LogP) is 1.90. The van der Waals surface area contributed by atoms with E-state index in [2.05, 4.69) is 6.58 Å². The molecule has 3 saturated heterocycles. The number of aliphatic hydroxyl groups excluding tert-OH is 2. The van der Waals surface area contributed by atoms with Gasteiger partial charge in [-0.05, 0) is 70.8 Å². The van der Waals surface area contributed by atoms with Crippen molar-refractivity contribution < 1.29 is 57.5 Å². The minimum Gasteiger partial charge on any atom is -0.454 e. The zero-order valence-electron chi connectivity index (χ0n) is 26.4. The standard InChI is InChI=1S/C30H45FINO11/c1-10-19-30(31)12-28(6,44-19)24(42-26-21(36)18(33(8)9)11-14(2)41-26)15(3)20(35)16(4)25(39)43-27(32)29(7,40-13-34)22(37)17(5)23(30)38/h10,13-19,21-22,24,26-27,36-37H,1,11-12H2,2-9H3/t14-,15?,16-,17-,18+,19?,21-,22-,24-,26+,27+,28-,29+,30-/m1/s1. The Morgan fingerprint density at radius 1 is 1.11 bits per heavy atom. The van der Waals surface area contributed by atoms with Gasteiger partial charge < -0.3 is 38.8 Å². The Morgan fingerprint density at radius 2 is 1.73 bits per heavy atom. The summed E-state index contributed by atoms with van der Waals surface area (Å²) in [5, 5.41) is 22.5. The Bertz CT molecular complexity index is 1130. The first kappa shape index (κ1) is 36.9. The highest BCUT2D eigenvalue weighted by Crippen LogP contribution is 2.49. The van der Waals surface area contributed by atoms with E-state index in [1.807, 2.05) is 4.90 Å². The van der Waals surface area contributed by atoms with Gasteiger partial charge in [-0.3, -0.25) is 19.2 Å². The number of nitrogens with zero attached hydrogens (tertiary/aromatic N) is 1. The smallest absolute Gasteiger partial charge is 0.317 e. The van der Waals surface area contributed by atoms with Crippen LogP contribution in [-0.4, -0.2) is 117 Å². The molecule has 2 N–H and O–H groups in total. The molecular formula is C30H45FINO11. The van der Waals surface area contributed by atoms with Crippen molar-refractivity contribution in [3.05, 3.63) is 12.7 Å². The maximum absolute atomic E-state index is 17.1. The number of aliphatic hydroxyl groups is 2. The van der Waals surface area contributed by atoms with Crippen molar-refractivity contribution in [1.82, 2.24) is 4.90 Å². The highest BCUT2D eigenvalue weighted by atomic mass is 127. The number of likely N-dealkylation sites (N-methyl/N-ethyl adjacent to an activating group) is 1. The van der Waals surface area contributed by atoms with Crippen LogP contribution >= 0.6 is 22.6 Å². The molecule has 0 aromatic heterocycles. The summed E-state index contributed by atoms with van der Waals surface area (Å²) in [6.07, 6.45) is -6.47. The Hall–Kier alpha value is -1.56. The van der Waals surface area contributed by atoms with Gasteiger partial charge in [0, 0.05) is 24.3 Å². The van der Waals surface area contributed by atoms with E-state index in [4.69, 9.17) is 23.7 Å². The van der Waals surface area contributed by atoms with E-state index < -0.39 is 93.4 Å². The lowest BCUT2D eigenvalue weighted by atomic mass is 9.74. The number of alkyl halides is 2. The predicted molar refractivity (Wildman–Crippen MR) is 162 cm³/mol. The van der Waals surface area contributed by atoms with Crippen LogP contribution < -0.4 is 0 Å². The van der Waals surface area contributed by atoms with Gasteiger partial charge in [0.2, 0.25) is 5.67 Å². The molecule has 14 atom stereocenters. The van der Waals surface area contributed by atoms with Gasteiger partial charge in [-0.2, -0.15) is 0 Å². The van der Waals surface area contributed by atoms with Gasteiger partial charge in [0.15, 0.2) is 27.6 Å². The molecule has 0 spiro atoms. The molecule has 0 aromatic rings. The summed E-state index contributed by atoms with van der Waals surface area (Å²) < 4.78 is 44.8. The quantitative estimate of drug-likeness (QED) is 0.102. The number of halogens is 2. The van der Waals surface area contributed by atoms with Crippen LogP contribution in [0.2, 0.25) is 0 Å². The molecule has 3 aliphatic heterocycles.